The van der Waals surface area contributed by atoms with Crippen LogP contribution < -0.4 is 5.32 Å². The Labute approximate surface area is 115 Å². The number of amides is 1. The monoisotopic (exact) mass is 267 g/mol. The molecule has 0 saturated heterocycles. The highest BCUT2D eigenvalue weighted by Crippen LogP contribution is 2.18. The van der Waals surface area contributed by atoms with Crippen molar-refractivity contribution in [2.75, 3.05) is 20.3 Å². The molecular weight excluding hydrogens is 242 g/mol. The summed E-state index contributed by atoms with van der Waals surface area (Å²) in [6.07, 6.45) is 12.6. The lowest BCUT2D eigenvalue weighted by atomic mass is 9.94. The highest BCUT2D eigenvalue weighted by atomic mass is 16.5. The van der Waals surface area contributed by atoms with Gasteiger partial charge in [-0.3, -0.25) is 0 Å². The molecule has 0 aromatic carbocycles. The van der Waals surface area contributed by atoms with Gasteiger partial charge in [-0.1, -0.05) is 24.3 Å². The van der Waals surface area contributed by atoms with Gasteiger partial charge in [0, 0.05) is 20.1 Å². The van der Waals surface area contributed by atoms with Crippen LogP contribution in [0.25, 0.3) is 0 Å². The fourth-order valence-corrected chi connectivity index (χ4v) is 1.88. The summed E-state index contributed by atoms with van der Waals surface area (Å²) in [7, 11) is 1.65. The Balaban J connectivity index is 2.03. The molecule has 2 atom stereocenters. The summed E-state index contributed by atoms with van der Waals surface area (Å²) in [6.45, 7) is 2.86. The third-order valence-electron chi connectivity index (χ3n) is 3.24. The predicted molar refractivity (Wildman–Crippen MR) is 76.1 cm³/mol. The molecule has 0 aromatic rings. The molecule has 2 unspecified atom stereocenters. The summed E-state index contributed by atoms with van der Waals surface area (Å²) >= 11 is 0. The second-order valence-electron chi connectivity index (χ2n) is 4.82. The Hall–Kier alpha value is -1.29. The van der Waals surface area contributed by atoms with E-state index in [1.54, 1.807) is 7.11 Å². The molecule has 0 spiro atoms. The van der Waals surface area contributed by atoms with Gasteiger partial charge in [-0.15, -0.1) is 0 Å². The molecule has 0 fully saturated rings. The average Bonchev–Trinajstić information content (AvgIpc) is 2.44. The molecule has 4 heteroatoms. The zero-order valence-corrected chi connectivity index (χ0v) is 11.9. The molecule has 1 rings (SSSR count). The van der Waals surface area contributed by atoms with Crippen LogP contribution in [0.2, 0.25) is 0 Å². The number of rotatable bonds is 7. The first-order valence-electron chi connectivity index (χ1n) is 6.97. The number of carbonyl (C=O) groups excluding carboxylic acids is 1. The maximum atomic E-state index is 11.3. The first-order chi connectivity index (χ1) is 9.22. The molecule has 108 valence electrons. The van der Waals surface area contributed by atoms with E-state index in [9.17, 15) is 4.79 Å². The smallest absolute Gasteiger partial charge is 0.407 e. The van der Waals surface area contributed by atoms with Gasteiger partial charge in [-0.05, 0) is 32.1 Å². The molecule has 1 N–H and O–H groups in total. The van der Waals surface area contributed by atoms with Crippen molar-refractivity contribution >= 4 is 6.09 Å². The van der Waals surface area contributed by atoms with Gasteiger partial charge in [0.05, 0.1) is 12.7 Å². The Morgan fingerprint density at radius 3 is 3.05 bits per heavy atom. The molecule has 4 nitrogen and oxygen atoms in total. The molecule has 1 aliphatic rings. The minimum atomic E-state index is -0.364. The lowest BCUT2D eigenvalue weighted by Crippen LogP contribution is -2.25. The van der Waals surface area contributed by atoms with E-state index in [4.69, 9.17) is 9.47 Å². The Morgan fingerprint density at radius 1 is 1.53 bits per heavy atom. The van der Waals surface area contributed by atoms with Gasteiger partial charge in [-0.25, -0.2) is 4.79 Å². The highest BCUT2D eigenvalue weighted by molar-refractivity contribution is 5.67. The average molecular weight is 267 g/mol. The second kappa shape index (κ2) is 9.62. The van der Waals surface area contributed by atoms with Crippen LogP contribution >= 0.6 is 0 Å². The number of allylic oxidation sites excluding steroid dienone is 3. The fraction of sp³-hybridized carbons (Fsp3) is 0.667. The first-order valence-corrected chi connectivity index (χ1v) is 6.97. The van der Waals surface area contributed by atoms with Crippen molar-refractivity contribution in [3.63, 3.8) is 0 Å². The third-order valence-corrected chi connectivity index (χ3v) is 3.24. The standard InChI is InChI=1S/C15H25NO3/c1-13(18-2)10-12-19-15(17)16-11-6-9-14-7-4-3-5-8-14/h3-4,6,9,13-14H,5,7-8,10-12H2,1-2H3,(H,16,17)/b9-6+. The normalized spacial score (nSPS) is 20.4. The number of carbonyl (C=O) groups is 1. The van der Waals surface area contributed by atoms with E-state index in [2.05, 4.69) is 23.5 Å². The Bertz CT molecular complexity index is 313. The number of alkyl carbamates (subject to hydrolysis) is 1. The fourth-order valence-electron chi connectivity index (χ4n) is 1.88. The van der Waals surface area contributed by atoms with E-state index < -0.39 is 0 Å². The van der Waals surface area contributed by atoms with Crippen LogP contribution in [0.3, 0.4) is 0 Å². The molecule has 0 radical (unpaired) electrons. The van der Waals surface area contributed by atoms with Crippen molar-refractivity contribution < 1.29 is 14.3 Å². The van der Waals surface area contributed by atoms with Crippen LogP contribution in [-0.4, -0.2) is 32.5 Å². The van der Waals surface area contributed by atoms with Crippen LogP contribution in [0, 0.1) is 5.92 Å². The van der Waals surface area contributed by atoms with Crippen LogP contribution in [-0.2, 0) is 9.47 Å². The topological polar surface area (TPSA) is 47.6 Å². The molecule has 0 aromatic heterocycles. The summed E-state index contributed by atoms with van der Waals surface area (Å²) in [5, 5.41) is 2.71. The molecule has 0 saturated carbocycles. The lowest BCUT2D eigenvalue weighted by molar-refractivity contribution is 0.0801. The van der Waals surface area contributed by atoms with Crippen molar-refractivity contribution in [2.45, 2.75) is 38.7 Å². The SMILES string of the molecule is COC(C)CCOC(=O)NC/C=C/C1CC=CCC1. The maximum Gasteiger partial charge on any atom is 0.407 e. The molecular formula is C15H25NO3. The van der Waals surface area contributed by atoms with Gasteiger partial charge in [0.2, 0.25) is 0 Å². The van der Waals surface area contributed by atoms with Crippen LogP contribution in [0.4, 0.5) is 4.79 Å². The molecule has 0 heterocycles. The third kappa shape index (κ3) is 7.67. The first kappa shape index (κ1) is 15.8. The minimum Gasteiger partial charge on any atom is -0.449 e. The number of nitrogens with one attached hydrogen (secondary N) is 1. The van der Waals surface area contributed by atoms with E-state index in [1.807, 2.05) is 13.0 Å². The maximum absolute atomic E-state index is 11.3. The van der Waals surface area contributed by atoms with Crippen molar-refractivity contribution in [2.24, 2.45) is 5.92 Å². The summed E-state index contributed by atoms with van der Waals surface area (Å²) in [5.74, 6) is 0.616. The number of ether oxygens (including phenoxy) is 2. The van der Waals surface area contributed by atoms with Gasteiger partial charge in [0.1, 0.15) is 0 Å². The van der Waals surface area contributed by atoms with E-state index in [-0.39, 0.29) is 12.2 Å². The summed E-state index contributed by atoms with van der Waals surface area (Å²) in [5.41, 5.74) is 0. The zero-order chi connectivity index (χ0) is 13.9. The second-order valence-corrected chi connectivity index (χ2v) is 4.82. The van der Waals surface area contributed by atoms with Gasteiger partial charge in [0.15, 0.2) is 0 Å². The predicted octanol–water partition coefficient (Wildman–Crippen LogP) is 3.05. The highest BCUT2D eigenvalue weighted by Gasteiger charge is 2.05. The van der Waals surface area contributed by atoms with Crippen LogP contribution in [0.1, 0.15) is 32.6 Å². The van der Waals surface area contributed by atoms with Gasteiger partial charge in [0.25, 0.3) is 0 Å². The van der Waals surface area contributed by atoms with Crippen LogP contribution in [0.15, 0.2) is 24.3 Å². The Kier molecular flexibility index (Phi) is 7.98. The largest absolute Gasteiger partial charge is 0.449 e. The summed E-state index contributed by atoms with van der Waals surface area (Å²) < 4.78 is 10.1. The molecule has 19 heavy (non-hydrogen) atoms. The molecule has 0 aliphatic heterocycles. The van der Waals surface area contributed by atoms with E-state index in [0.29, 0.717) is 25.5 Å². The number of hydrogen-bond acceptors (Lipinski definition) is 3. The Morgan fingerprint density at radius 2 is 2.37 bits per heavy atom. The van der Waals surface area contributed by atoms with E-state index in [0.717, 1.165) is 12.8 Å². The van der Waals surface area contributed by atoms with E-state index in [1.165, 1.54) is 6.42 Å². The van der Waals surface area contributed by atoms with Crippen molar-refractivity contribution in [1.82, 2.24) is 5.32 Å². The quantitative estimate of drug-likeness (QED) is 0.721. The minimum absolute atomic E-state index is 0.118. The van der Waals surface area contributed by atoms with Gasteiger partial charge < -0.3 is 14.8 Å². The number of methoxy groups -OCH3 is 1. The van der Waals surface area contributed by atoms with Crippen molar-refractivity contribution in [3.05, 3.63) is 24.3 Å². The molecule has 1 amide bonds. The molecule has 1 aliphatic carbocycles. The van der Waals surface area contributed by atoms with Crippen LogP contribution in [0.5, 0.6) is 0 Å². The number of hydrogen-bond donors (Lipinski definition) is 1. The van der Waals surface area contributed by atoms with Crippen molar-refractivity contribution in [1.29, 1.82) is 0 Å². The van der Waals surface area contributed by atoms with Gasteiger partial charge >= 0.3 is 6.09 Å². The summed E-state index contributed by atoms with van der Waals surface area (Å²) in [6, 6.07) is 0. The van der Waals surface area contributed by atoms with Crippen molar-refractivity contribution in [3.8, 4) is 0 Å². The van der Waals surface area contributed by atoms with E-state index >= 15 is 0 Å². The van der Waals surface area contributed by atoms with Gasteiger partial charge in [-0.2, -0.15) is 0 Å². The summed E-state index contributed by atoms with van der Waals surface area (Å²) in [4.78, 5) is 11.3. The molecule has 0 bridgehead atoms. The lowest BCUT2D eigenvalue weighted by Gasteiger charge is -2.13. The zero-order valence-electron chi connectivity index (χ0n) is 11.9.